The van der Waals surface area contributed by atoms with Crippen LogP contribution < -0.4 is 0 Å². The molecule has 3 heteroatoms. The number of amides is 1. The van der Waals surface area contributed by atoms with E-state index in [4.69, 9.17) is 5.11 Å². The lowest BCUT2D eigenvalue weighted by Crippen LogP contribution is -2.34. The van der Waals surface area contributed by atoms with Crippen LogP contribution >= 0.6 is 0 Å². The second-order valence-corrected chi connectivity index (χ2v) is 2.55. The monoisotopic (exact) mass is 143 g/mol. The molecule has 1 aliphatic heterocycles. The van der Waals surface area contributed by atoms with Crippen LogP contribution in [0.4, 0.5) is 0 Å². The Kier molecular flexibility index (Phi) is 2.27. The molecule has 0 aromatic carbocycles. The van der Waals surface area contributed by atoms with Gasteiger partial charge in [0.1, 0.15) is 0 Å². The minimum absolute atomic E-state index is 0.0949. The fourth-order valence-electron chi connectivity index (χ4n) is 1.42. The van der Waals surface area contributed by atoms with Gasteiger partial charge in [0.05, 0.1) is 12.6 Å². The number of rotatable bonds is 2. The predicted octanol–water partition coefficient (Wildman–Crippen LogP) is -0.0104. The summed E-state index contributed by atoms with van der Waals surface area (Å²) in [7, 11) is 0. The second kappa shape index (κ2) is 3.01. The van der Waals surface area contributed by atoms with E-state index in [9.17, 15) is 4.79 Å². The van der Waals surface area contributed by atoms with E-state index in [1.807, 2.05) is 6.92 Å². The first-order valence-electron chi connectivity index (χ1n) is 3.70. The van der Waals surface area contributed by atoms with Crippen molar-refractivity contribution in [3.8, 4) is 0 Å². The van der Waals surface area contributed by atoms with Gasteiger partial charge in [0, 0.05) is 13.0 Å². The number of aliphatic hydroxyl groups excluding tert-OH is 1. The molecule has 58 valence electrons. The van der Waals surface area contributed by atoms with Gasteiger partial charge in [-0.2, -0.15) is 0 Å². The highest BCUT2D eigenvalue weighted by Crippen LogP contribution is 2.16. The Morgan fingerprint density at radius 3 is 2.90 bits per heavy atom. The van der Waals surface area contributed by atoms with Crippen LogP contribution in [0.1, 0.15) is 19.8 Å². The molecule has 1 amide bonds. The first kappa shape index (κ1) is 7.54. The van der Waals surface area contributed by atoms with Crippen LogP contribution in [0.5, 0.6) is 0 Å². The van der Waals surface area contributed by atoms with Crippen molar-refractivity contribution in [2.45, 2.75) is 25.8 Å². The highest BCUT2D eigenvalue weighted by atomic mass is 16.3. The van der Waals surface area contributed by atoms with Crippen LogP contribution in [0, 0.1) is 0 Å². The van der Waals surface area contributed by atoms with Crippen molar-refractivity contribution in [3.05, 3.63) is 0 Å². The fourth-order valence-corrected chi connectivity index (χ4v) is 1.42. The number of hydrogen-bond donors (Lipinski definition) is 1. The summed E-state index contributed by atoms with van der Waals surface area (Å²) in [6.07, 6.45) is 1.43. The molecular weight excluding hydrogens is 130 g/mol. The molecule has 1 heterocycles. The average Bonchev–Trinajstić information content (AvgIpc) is 2.30. The van der Waals surface area contributed by atoms with Crippen LogP contribution in [0.15, 0.2) is 0 Å². The molecule has 1 saturated heterocycles. The molecule has 3 nitrogen and oxygen atoms in total. The summed E-state index contributed by atoms with van der Waals surface area (Å²) in [6, 6.07) is 0.0949. The Labute approximate surface area is 60.6 Å². The average molecular weight is 143 g/mol. The van der Waals surface area contributed by atoms with E-state index >= 15 is 0 Å². The Morgan fingerprint density at radius 1 is 1.80 bits per heavy atom. The maximum atomic E-state index is 11.0. The van der Waals surface area contributed by atoms with Crippen molar-refractivity contribution in [2.24, 2.45) is 0 Å². The topological polar surface area (TPSA) is 40.5 Å². The zero-order valence-electron chi connectivity index (χ0n) is 6.21. The van der Waals surface area contributed by atoms with Crippen LogP contribution in [0.2, 0.25) is 0 Å². The van der Waals surface area contributed by atoms with Gasteiger partial charge in [-0.1, -0.05) is 0 Å². The first-order valence-corrected chi connectivity index (χ1v) is 3.70. The number of nitrogens with zero attached hydrogens (tertiary/aromatic N) is 1. The molecule has 0 aliphatic carbocycles. The fraction of sp³-hybridized carbons (Fsp3) is 0.857. The van der Waals surface area contributed by atoms with Gasteiger partial charge in [0.25, 0.3) is 0 Å². The third-order valence-corrected chi connectivity index (χ3v) is 2.00. The Balaban J connectivity index is 2.54. The Morgan fingerprint density at radius 2 is 2.50 bits per heavy atom. The van der Waals surface area contributed by atoms with E-state index in [0.717, 1.165) is 13.0 Å². The standard InChI is InChI=1S/C7H13NO2/c1-2-8-6(5-9)3-4-7(8)10/h6,9H,2-5H2,1H3/t6-/m0/s1. The van der Waals surface area contributed by atoms with E-state index in [2.05, 4.69) is 0 Å². The van der Waals surface area contributed by atoms with Crippen LogP contribution in [0.3, 0.4) is 0 Å². The third kappa shape index (κ3) is 1.14. The van der Waals surface area contributed by atoms with E-state index in [0.29, 0.717) is 6.42 Å². The van der Waals surface area contributed by atoms with Gasteiger partial charge >= 0.3 is 0 Å². The van der Waals surface area contributed by atoms with Crippen LogP contribution in [-0.2, 0) is 4.79 Å². The smallest absolute Gasteiger partial charge is 0.222 e. The van der Waals surface area contributed by atoms with E-state index in [1.54, 1.807) is 4.90 Å². The zero-order valence-corrected chi connectivity index (χ0v) is 6.21. The summed E-state index contributed by atoms with van der Waals surface area (Å²) in [5.41, 5.74) is 0. The molecule has 1 rings (SSSR count). The van der Waals surface area contributed by atoms with Crippen molar-refractivity contribution in [1.82, 2.24) is 4.90 Å². The lowest BCUT2D eigenvalue weighted by Gasteiger charge is -2.20. The third-order valence-electron chi connectivity index (χ3n) is 2.00. The van der Waals surface area contributed by atoms with E-state index < -0.39 is 0 Å². The molecule has 0 spiro atoms. The molecule has 0 saturated carbocycles. The van der Waals surface area contributed by atoms with Crippen molar-refractivity contribution in [3.63, 3.8) is 0 Å². The van der Waals surface area contributed by atoms with Gasteiger partial charge in [-0.25, -0.2) is 0 Å². The van der Waals surface area contributed by atoms with Gasteiger partial charge in [-0.05, 0) is 13.3 Å². The minimum atomic E-state index is 0.0949. The summed E-state index contributed by atoms with van der Waals surface area (Å²) < 4.78 is 0. The molecule has 1 aliphatic rings. The number of aliphatic hydroxyl groups is 1. The number of likely N-dealkylation sites (tertiary alicyclic amines) is 1. The molecule has 0 bridgehead atoms. The largest absolute Gasteiger partial charge is 0.394 e. The van der Waals surface area contributed by atoms with Gasteiger partial charge in [0.2, 0.25) is 5.91 Å². The number of carbonyl (C=O) groups is 1. The van der Waals surface area contributed by atoms with Gasteiger partial charge in [-0.3, -0.25) is 4.79 Å². The molecule has 1 N–H and O–H groups in total. The van der Waals surface area contributed by atoms with Crippen molar-refractivity contribution < 1.29 is 9.90 Å². The molecule has 0 aromatic heterocycles. The van der Waals surface area contributed by atoms with Crippen LogP contribution in [0.25, 0.3) is 0 Å². The SMILES string of the molecule is CCN1C(=O)CC[C@H]1CO. The number of carbonyl (C=O) groups excluding carboxylic acids is 1. The summed E-state index contributed by atoms with van der Waals surface area (Å²) in [5, 5.41) is 8.79. The first-order chi connectivity index (χ1) is 4.79. The molecule has 0 radical (unpaired) electrons. The summed E-state index contributed by atoms with van der Waals surface area (Å²) in [6.45, 7) is 2.77. The van der Waals surface area contributed by atoms with Gasteiger partial charge in [0.15, 0.2) is 0 Å². The lowest BCUT2D eigenvalue weighted by molar-refractivity contribution is -0.129. The van der Waals surface area contributed by atoms with E-state index in [-0.39, 0.29) is 18.6 Å². The minimum Gasteiger partial charge on any atom is -0.394 e. The van der Waals surface area contributed by atoms with E-state index in [1.165, 1.54) is 0 Å². The molecular formula is C7H13NO2. The maximum Gasteiger partial charge on any atom is 0.222 e. The number of likely N-dealkylation sites (N-methyl/N-ethyl adjacent to an activating group) is 1. The maximum absolute atomic E-state index is 11.0. The highest BCUT2D eigenvalue weighted by Gasteiger charge is 2.28. The van der Waals surface area contributed by atoms with Crippen molar-refractivity contribution in [2.75, 3.05) is 13.2 Å². The Hall–Kier alpha value is -0.570. The quantitative estimate of drug-likeness (QED) is 0.590. The molecule has 1 fully saturated rings. The molecule has 0 unspecified atom stereocenters. The molecule has 1 atom stereocenters. The second-order valence-electron chi connectivity index (χ2n) is 2.55. The molecule has 0 aromatic rings. The summed E-state index contributed by atoms with van der Waals surface area (Å²) in [4.78, 5) is 12.7. The van der Waals surface area contributed by atoms with Gasteiger partial charge in [-0.15, -0.1) is 0 Å². The summed E-state index contributed by atoms with van der Waals surface area (Å²) >= 11 is 0. The highest BCUT2D eigenvalue weighted by molar-refractivity contribution is 5.78. The van der Waals surface area contributed by atoms with Gasteiger partial charge < -0.3 is 10.0 Å². The van der Waals surface area contributed by atoms with Crippen molar-refractivity contribution >= 4 is 5.91 Å². The Bertz CT molecular complexity index is 136. The lowest BCUT2D eigenvalue weighted by atomic mass is 10.2. The normalized spacial score (nSPS) is 26.0. The zero-order chi connectivity index (χ0) is 7.56. The molecule has 10 heavy (non-hydrogen) atoms. The predicted molar refractivity (Wildman–Crippen MR) is 37.5 cm³/mol. The van der Waals surface area contributed by atoms with Crippen molar-refractivity contribution in [1.29, 1.82) is 0 Å². The number of hydrogen-bond acceptors (Lipinski definition) is 2. The van der Waals surface area contributed by atoms with Crippen LogP contribution in [-0.4, -0.2) is 35.1 Å². The summed E-state index contributed by atoms with van der Waals surface area (Å²) in [5.74, 6) is 0.182.